The van der Waals surface area contributed by atoms with Gasteiger partial charge in [-0.3, -0.25) is 0 Å². The summed E-state index contributed by atoms with van der Waals surface area (Å²) in [5.74, 6) is -3.08. The van der Waals surface area contributed by atoms with Crippen LogP contribution in [0.2, 0.25) is 0 Å². The predicted molar refractivity (Wildman–Crippen MR) is 60.3 cm³/mol. The molecule has 1 aromatic carbocycles. The topological polar surface area (TPSA) is 12.0 Å². The molecule has 17 heavy (non-hydrogen) atoms. The zero-order valence-electron chi connectivity index (χ0n) is 9.93. The van der Waals surface area contributed by atoms with Crippen molar-refractivity contribution in [3.63, 3.8) is 0 Å². The number of hydrogen-bond donors (Lipinski definition) is 1. The van der Waals surface area contributed by atoms with Crippen LogP contribution >= 0.6 is 0 Å². The van der Waals surface area contributed by atoms with Crippen LogP contribution in [0.25, 0.3) is 0 Å². The molecule has 0 amide bonds. The van der Waals surface area contributed by atoms with E-state index in [1.165, 1.54) is 0 Å². The summed E-state index contributed by atoms with van der Waals surface area (Å²) in [5, 5.41) is 3.18. The lowest BCUT2D eigenvalue weighted by Gasteiger charge is -2.45. The second kappa shape index (κ2) is 4.69. The lowest BCUT2D eigenvalue weighted by Crippen LogP contribution is -2.47. The summed E-state index contributed by atoms with van der Waals surface area (Å²) in [5.41, 5.74) is 0.569. The third-order valence-corrected chi connectivity index (χ3v) is 3.82. The Hall–Kier alpha value is -1.03. The van der Waals surface area contributed by atoms with Gasteiger partial charge in [0.15, 0.2) is 17.5 Å². The van der Waals surface area contributed by atoms with Crippen LogP contribution in [0, 0.1) is 23.4 Å². The number of halogens is 3. The fraction of sp³-hybridized carbons (Fsp3) is 0.538. The van der Waals surface area contributed by atoms with Gasteiger partial charge in [-0.2, -0.15) is 0 Å². The van der Waals surface area contributed by atoms with Gasteiger partial charge in [0.25, 0.3) is 0 Å². The van der Waals surface area contributed by atoms with Gasteiger partial charge in [0.1, 0.15) is 0 Å². The number of hydrogen-bond acceptors (Lipinski definition) is 1. The zero-order chi connectivity index (χ0) is 12.6. The van der Waals surface area contributed by atoms with E-state index < -0.39 is 17.5 Å². The van der Waals surface area contributed by atoms with Crippen molar-refractivity contribution in [3.8, 4) is 0 Å². The maximum absolute atomic E-state index is 13.1. The molecule has 0 saturated heterocycles. The molecule has 1 aromatic rings. The molecule has 1 aliphatic rings. The molecule has 0 heterocycles. The Morgan fingerprint density at radius 2 is 1.82 bits per heavy atom. The normalized spacial score (nSPS) is 27.9. The lowest BCUT2D eigenvalue weighted by molar-refractivity contribution is 0.168. The molecule has 1 fully saturated rings. The van der Waals surface area contributed by atoms with Gasteiger partial charge >= 0.3 is 0 Å². The van der Waals surface area contributed by atoms with Crippen molar-refractivity contribution in [2.24, 2.45) is 5.92 Å². The van der Waals surface area contributed by atoms with Crippen molar-refractivity contribution >= 4 is 0 Å². The van der Waals surface area contributed by atoms with E-state index in [0.717, 1.165) is 25.0 Å². The van der Waals surface area contributed by atoms with Crippen molar-refractivity contribution in [2.75, 3.05) is 7.05 Å². The number of nitrogens with one attached hydrogen (secondary N) is 1. The van der Waals surface area contributed by atoms with Gasteiger partial charge in [0, 0.05) is 6.04 Å². The van der Waals surface area contributed by atoms with Gasteiger partial charge in [-0.1, -0.05) is 13.3 Å². The Labute approximate surface area is 99.0 Å². The molecule has 0 bridgehead atoms. The molecule has 1 nitrogen and oxygen atoms in total. The van der Waals surface area contributed by atoms with E-state index in [-0.39, 0.29) is 5.92 Å². The Morgan fingerprint density at radius 3 is 2.29 bits per heavy atom. The fourth-order valence-corrected chi connectivity index (χ4v) is 2.78. The minimum Gasteiger partial charge on any atom is -0.317 e. The minimum absolute atomic E-state index is 0.127. The van der Waals surface area contributed by atoms with E-state index in [1.807, 2.05) is 7.05 Å². The molecular formula is C13H16F3N. The Balaban J connectivity index is 2.24. The molecule has 94 valence electrons. The van der Waals surface area contributed by atoms with E-state index >= 15 is 0 Å². The van der Waals surface area contributed by atoms with Crippen molar-refractivity contribution in [3.05, 3.63) is 35.1 Å². The van der Waals surface area contributed by atoms with Gasteiger partial charge < -0.3 is 5.32 Å². The van der Waals surface area contributed by atoms with Crippen LogP contribution in [-0.2, 0) is 0 Å². The third-order valence-electron chi connectivity index (χ3n) is 3.82. The summed E-state index contributed by atoms with van der Waals surface area (Å²) in [4.78, 5) is 0. The molecule has 2 rings (SSSR count). The first kappa shape index (κ1) is 12.4. The number of benzene rings is 1. The second-order valence-electron chi connectivity index (χ2n) is 4.61. The average Bonchev–Trinajstić information content (AvgIpc) is 2.25. The van der Waals surface area contributed by atoms with Crippen molar-refractivity contribution < 1.29 is 13.2 Å². The van der Waals surface area contributed by atoms with Crippen LogP contribution in [0.15, 0.2) is 12.1 Å². The molecular weight excluding hydrogens is 227 g/mol. The van der Waals surface area contributed by atoms with Crippen molar-refractivity contribution in [1.29, 1.82) is 0 Å². The van der Waals surface area contributed by atoms with E-state index in [9.17, 15) is 13.2 Å². The van der Waals surface area contributed by atoms with E-state index in [4.69, 9.17) is 0 Å². The van der Waals surface area contributed by atoms with Gasteiger partial charge in [-0.25, -0.2) is 13.2 Å². The van der Waals surface area contributed by atoms with Crippen LogP contribution in [0.1, 0.15) is 31.2 Å². The maximum atomic E-state index is 13.1. The lowest BCUT2D eigenvalue weighted by atomic mass is 9.65. The molecule has 1 N–H and O–H groups in total. The fourth-order valence-electron chi connectivity index (χ4n) is 2.78. The molecule has 1 aliphatic carbocycles. The molecule has 0 aliphatic heterocycles. The van der Waals surface area contributed by atoms with Crippen LogP contribution in [0.3, 0.4) is 0 Å². The van der Waals surface area contributed by atoms with Gasteiger partial charge in [0.2, 0.25) is 0 Å². The molecule has 0 aromatic heterocycles. The van der Waals surface area contributed by atoms with Crippen molar-refractivity contribution in [2.45, 2.75) is 31.7 Å². The van der Waals surface area contributed by atoms with E-state index in [2.05, 4.69) is 12.2 Å². The Kier molecular flexibility index (Phi) is 3.43. The largest absolute Gasteiger partial charge is 0.317 e. The summed E-state index contributed by atoms with van der Waals surface area (Å²) in [6, 6.07) is 2.64. The SMILES string of the molecule is CCC1C(NC)CC1c1cc(F)c(F)c(F)c1. The molecule has 4 heteroatoms. The van der Waals surface area contributed by atoms with Crippen LogP contribution in [0.5, 0.6) is 0 Å². The van der Waals surface area contributed by atoms with Gasteiger partial charge in [-0.05, 0) is 43.0 Å². The summed E-state index contributed by atoms with van der Waals surface area (Å²) >= 11 is 0. The van der Waals surface area contributed by atoms with Crippen LogP contribution < -0.4 is 5.32 Å². The Morgan fingerprint density at radius 1 is 1.24 bits per heavy atom. The molecule has 0 radical (unpaired) electrons. The minimum atomic E-state index is -1.38. The molecule has 3 atom stereocenters. The quantitative estimate of drug-likeness (QED) is 0.804. The van der Waals surface area contributed by atoms with E-state index in [1.54, 1.807) is 0 Å². The third kappa shape index (κ3) is 2.06. The molecule has 3 unspecified atom stereocenters. The van der Waals surface area contributed by atoms with Gasteiger partial charge in [0.05, 0.1) is 0 Å². The zero-order valence-corrected chi connectivity index (χ0v) is 9.93. The first-order valence-corrected chi connectivity index (χ1v) is 5.90. The highest BCUT2D eigenvalue weighted by Gasteiger charge is 2.40. The predicted octanol–water partition coefficient (Wildman–Crippen LogP) is 3.21. The summed E-state index contributed by atoms with van der Waals surface area (Å²) in [6.45, 7) is 2.05. The smallest absolute Gasteiger partial charge is 0.194 e. The summed E-state index contributed by atoms with van der Waals surface area (Å²) in [7, 11) is 1.88. The summed E-state index contributed by atoms with van der Waals surface area (Å²) in [6.07, 6.45) is 1.79. The van der Waals surface area contributed by atoms with E-state index in [0.29, 0.717) is 17.5 Å². The monoisotopic (exact) mass is 243 g/mol. The second-order valence-corrected chi connectivity index (χ2v) is 4.61. The maximum Gasteiger partial charge on any atom is 0.194 e. The highest BCUT2D eigenvalue weighted by molar-refractivity contribution is 5.27. The van der Waals surface area contributed by atoms with Crippen LogP contribution in [-0.4, -0.2) is 13.1 Å². The standard InChI is InChI=1S/C13H16F3N/c1-3-8-9(6-12(8)17-2)7-4-10(14)13(16)11(15)5-7/h4-5,8-9,12,17H,3,6H2,1-2H3. The Bertz CT molecular complexity index is 396. The van der Waals surface area contributed by atoms with Crippen LogP contribution in [0.4, 0.5) is 13.2 Å². The number of rotatable bonds is 3. The average molecular weight is 243 g/mol. The first-order chi connectivity index (χ1) is 8.08. The van der Waals surface area contributed by atoms with Gasteiger partial charge in [-0.15, -0.1) is 0 Å². The highest BCUT2D eigenvalue weighted by atomic mass is 19.2. The first-order valence-electron chi connectivity index (χ1n) is 5.90. The molecule has 0 spiro atoms. The highest BCUT2D eigenvalue weighted by Crippen LogP contribution is 2.44. The van der Waals surface area contributed by atoms with Crippen molar-refractivity contribution in [1.82, 2.24) is 5.32 Å². The summed E-state index contributed by atoms with van der Waals surface area (Å²) < 4.78 is 39.1. The molecule has 1 saturated carbocycles.